The first-order chi connectivity index (χ1) is 8.97. The quantitative estimate of drug-likeness (QED) is 0.631. The van der Waals surface area contributed by atoms with Gasteiger partial charge in [0.25, 0.3) is 0 Å². The van der Waals surface area contributed by atoms with E-state index in [1.807, 2.05) is 0 Å². The molecular weight excluding hydrogens is 321 g/mol. The third kappa shape index (κ3) is 2.90. The average Bonchev–Trinajstić information content (AvgIpc) is 2.43. The second kappa shape index (κ2) is 6.29. The summed E-state index contributed by atoms with van der Waals surface area (Å²) in [5, 5.41) is 0. The van der Waals surface area contributed by atoms with Gasteiger partial charge in [0.1, 0.15) is 5.82 Å². The highest BCUT2D eigenvalue weighted by atomic mass is 79.9. The molecular formula is C12H9BrFNO4. The maximum atomic E-state index is 14.1. The lowest BCUT2D eigenvalue weighted by Gasteiger charge is -2.10. The van der Waals surface area contributed by atoms with Gasteiger partial charge in [-0.1, -0.05) is 0 Å². The van der Waals surface area contributed by atoms with Crippen LogP contribution in [-0.2, 0) is 14.3 Å². The molecule has 0 bridgehead atoms. The average molecular weight is 330 g/mol. The molecule has 5 nitrogen and oxygen atoms in total. The lowest BCUT2D eigenvalue weighted by molar-refractivity contribution is -0.141. The van der Waals surface area contributed by atoms with Gasteiger partial charge < -0.3 is 9.47 Å². The van der Waals surface area contributed by atoms with Gasteiger partial charge in [-0.25, -0.2) is 20.6 Å². The Morgan fingerprint density at radius 2 is 2.00 bits per heavy atom. The minimum Gasteiger partial charge on any atom is -0.465 e. The van der Waals surface area contributed by atoms with Crippen LogP contribution < -0.4 is 0 Å². The Morgan fingerprint density at radius 3 is 2.47 bits per heavy atom. The molecule has 0 saturated heterocycles. The minimum atomic E-state index is -1.56. The van der Waals surface area contributed by atoms with Gasteiger partial charge in [-0.3, -0.25) is 4.85 Å². The Kier molecular flexibility index (Phi) is 5.01. The Balaban J connectivity index is 3.54. The zero-order valence-corrected chi connectivity index (χ0v) is 11.7. The van der Waals surface area contributed by atoms with Gasteiger partial charge in [0.15, 0.2) is 0 Å². The largest absolute Gasteiger partial charge is 0.465 e. The van der Waals surface area contributed by atoms with Gasteiger partial charge in [0.05, 0.1) is 29.8 Å². The lowest BCUT2D eigenvalue weighted by atomic mass is 10.00. The zero-order valence-electron chi connectivity index (χ0n) is 10.1. The molecule has 0 aliphatic carbocycles. The third-order valence-corrected chi connectivity index (χ3v) is 2.98. The van der Waals surface area contributed by atoms with E-state index in [4.69, 9.17) is 6.57 Å². The molecule has 0 spiro atoms. The molecule has 1 aromatic carbocycles. The summed E-state index contributed by atoms with van der Waals surface area (Å²) >= 11 is 2.94. The van der Waals surface area contributed by atoms with Crippen LogP contribution in [-0.4, -0.2) is 26.2 Å². The molecule has 0 fully saturated rings. The van der Waals surface area contributed by atoms with Crippen molar-refractivity contribution in [1.82, 2.24) is 0 Å². The molecule has 0 aliphatic heterocycles. The van der Waals surface area contributed by atoms with Crippen molar-refractivity contribution >= 4 is 27.9 Å². The first-order valence-electron chi connectivity index (χ1n) is 4.98. The number of ether oxygens (including phenoxy) is 2. The number of nitrogens with zero attached hydrogens (tertiary/aromatic N) is 1. The molecule has 0 saturated carbocycles. The van der Waals surface area contributed by atoms with Crippen LogP contribution in [0.5, 0.6) is 0 Å². The second-order valence-corrected chi connectivity index (χ2v) is 4.22. The van der Waals surface area contributed by atoms with Crippen LogP contribution >= 0.6 is 15.9 Å². The number of hydrogen-bond acceptors (Lipinski definition) is 4. The fraction of sp³-hybridized carbons (Fsp3) is 0.250. The van der Waals surface area contributed by atoms with E-state index < -0.39 is 23.8 Å². The van der Waals surface area contributed by atoms with Gasteiger partial charge in [0, 0.05) is 0 Å². The third-order valence-electron chi connectivity index (χ3n) is 2.36. The molecule has 7 heteroatoms. The maximum Gasteiger partial charge on any atom is 0.395 e. The number of halogens is 2. The topological polar surface area (TPSA) is 57.0 Å². The van der Waals surface area contributed by atoms with Crippen LogP contribution in [0.3, 0.4) is 0 Å². The summed E-state index contributed by atoms with van der Waals surface area (Å²) < 4.78 is 23.1. The van der Waals surface area contributed by atoms with Crippen molar-refractivity contribution in [3.05, 3.63) is 45.0 Å². The number of esters is 2. The predicted octanol–water partition coefficient (Wildman–Crippen LogP) is 2.51. The van der Waals surface area contributed by atoms with E-state index in [9.17, 15) is 14.0 Å². The van der Waals surface area contributed by atoms with Crippen molar-refractivity contribution in [2.75, 3.05) is 14.2 Å². The van der Waals surface area contributed by atoms with E-state index in [1.54, 1.807) is 0 Å². The van der Waals surface area contributed by atoms with E-state index >= 15 is 0 Å². The highest BCUT2D eigenvalue weighted by molar-refractivity contribution is 9.10. The number of methoxy groups -OCH3 is 2. The maximum absolute atomic E-state index is 14.1. The Labute approximate surface area is 117 Å². The van der Waals surface area contributed by atoms with Crippen molar-refractivity contribution < 1.29 is 23.5 Å². The summed E-state index contributed by atoms with van der Waals surface area (Å²) in [6.45, 7) is 6.98. The SMILES string of the molecule is [C-]#[N+]C(C(=O)OC)c1c(C(=O)OC)ccc(Br)c1F. The van der Waals surface area contributed by atoms with E-state index in [2.05, 4.69) is 30.2 Å². The standard InChI is InChI=1S/C12H9BrFNO4/c1-15-10(12(17)19-3)8-6(11(16)18-2)4-5-7(13)9(8)14/h4-5,10H,2-3H3. The number of hydrogen-bond donors (Lipinski definition) is 0. The van der Waals surface area contributed by atoms with Crippen LogP contribution in [0.25, 0.3) is 4.85 Å². The van der Waals surface area contributed by atoms with E-state index in [-0.39, 0.29) is 15.6 Å². The Morgan fingerprint density at radius 1 is 1.37 bits per heavy atom. The summed E-state index contributed by atoms with van der Waals surface area (Å²) in [4.78, 5) is 26.1. The van der Waals surface area contributed by atoms with Gasteiger partial charge in [-0.05, 0) is 28.1 Å². The number of carbonyl (C=O) groups is 2. The molecule has 1 rings (SSSR count). The van der Waals surface area contributed by atoms with Crippen molar-refractivity contribution in [3.8, 4) is 0 Å². The monoisotopic (exact) mass is 329 g/mol. The van der Waals surface area contributed by atoms with E-state index in [0.29, 0.717) is 0 Å². The molecule has 100 valence electrons. The number of benzene rings is 1. The normalized spacial score (nSPS) is 11.3. The molecule has 1 atom stereocenters. The van der Waals surface area contributed by atoms with Gasteiger partial charge in [-0.15, -0.1) is 0 Å². The summed E-state index contributed by atoms with van der Waals surface area (Å²) in [5.41, 5.74) is -0.544. The fourth-order valence-electron chi connectivity index (χ4n) is 1.47. The van der Waals surface area contributed by atoms with Crippen molar-refractivity contribution in [2.45, 2.75) is 6.04 Å². The molecule has 0 amide bonds. The van der Waals surface area contributed by atoms with E-state index in [1.165, 1.54) is 12.1 Å². The minimum absolute atomic E-state index is 0.0349. The van der Waals surface area contributed by atoms with Gasteiger partial charge in [0.2, 0.25) is 0 Å². The molecule has 0 N–H and O–H groups in total. The van der Waals surface area contributed by atoms with Crippen LogP contribution in [0.4, 0.5) is 4.39 Å². The van der Waals surface area contributed by atoms with E-state index in [0.717, 1.165) is 14.2 Å². The highest BCUT2D eigenvalue weighted by Crippen LogP contribution is 2.31. The lowest BCUT2D eigenvalue weighted by Crippen LogP contribution is -2.17. The van der Waals surface area contributed by atoms with Crippen LogP contribution in [0.2, 0.25) is 0 Å². The van der Waals surface area contributed by atoms with Crippen molar-refractivity contribution in [2.24, 2.45) is 0 Å². The molecule has 0 aromatic heterocycles. The number of rotatable bonds is 3. The van der Waals surface area contributed by atoms with Crippen LogP contribution in [0.1, 0.15) is 22.0 Å². The van der Waals surface area contributed by atoms with Gasteiger partial charge >= 0.3 is 18.0 Å². The molecule has 0 aliphatic rings. The first-order valence-corrected chi connectivity index (χ1v) is 5.77. The first kappa shape index (κ1) is 15.1. The Hall–Kier alpha value is -1.94. The molecule has 1 unspecified atom stereocenters. The molecule has 19 heavy (non-hydrogen) atoms. The fourth-order valence-corrected chi connectivity index (χ4v) is 1.81. The summed E-state index contributed by atoms with van der Waals surface area (Å²) in [7, 11) is 2.20. The molecule has 0 heterocycles. The summed E-state index contributed by atoms with van der Waals surface area (Å²) in [6, 6.07) is 1.01. The van der Waals surface area contributed by atoms with Crippen molar-refractivity contribution in [1.29, 1.82) is 0 Å². The zero-order chi connectivity index (χ0) is 14.6. The molecule has 1 aromatic rings. The summed E-state index contributed by atoms with van der Waals surface area (Å²) in [5.74, 6) is -2.65. The Bertz CT molecular complexity index is 568. The van der Waals surface area contributed by atoms with Crippen molar-refractivity contribution in [3.63, 3.8) is 0 Å². The molecule has 0 radical (unpaired) electrons. The predicted molar refractivity (Wildman–Crippen MR) is 66.8 cm³/mol. The van der Waals surface area contributed by atoms with Gasteiger partial charge in [-0.2, -0.15) is 0 Å². The highest BCUT2D eigenvalue weighted by Gasteiger charge is 2.35. The second-order valence-electron chi connectivity index (χ2n) is 3.37. The summed E-state index contributed by atoms with van der Waals surface area (Å²) in [6.07, 6.45) is 0. The van der Waals surface area contributed by atoms with Crippen LogP contribution in [0.15, 0.2) is 16.6 Å². The smallest absolute Gasteiger partial charge is 0.395 e. The van der Waals surface area contributed by atoms with Crippen LogP contribution in [0, 0.1) is 12.4 Å². The number of carbonyl (C=O) groups excluding carboxylic acids is 2.